The maximum atomic E-state index is 10.4. The number of thioether (sulfide) groups is 1. The van der Waals surface area contributed by atoms with Crippen LogP contribution < -0.4 is 0 Å². The van der Waals surface area contributed by atoms with Gasteiger partial charge in [-0.1, -0.05) is 18.2 Å². The maximum absolute atomic E-state index is 10.4. The number of aliphatic hydroxyl groups excluding tert-OH is 1. The quantitative estimate of drug-likeness (QED) is 0.854. The molecule has 0 fully saturated rings. The van der Waals surface area contributed by atoms with E-state index in [9.17, 15) is 5.11 Å². The molecule has 1 aromatic carbocycles. The zero-order valence-corrected chi connectivity index (χ0v) is 12.3. The molecule has 19 heavy (non-hydrogen) atoms. The minimum absolute atomic E-state index is 0.250. The van der Waals surface area contributed by atoms with Gasteiger partial charge in [-0.25, -0.2) is 9.67 Å². The lowest BCUT2D eigenvalue weighted by Crippen LogP contribution is -2.12. The number of hydrogen-bond acceptors (Lipinski definition) is 4. The lowest BCUT2D eigenvalue weighted by molar-refractivity contribution is 0.170. The predicted molar refractivity (Wildman–Crippen MR) is 77.3 cm³/mol. The minimum Gasteiger partial charge on any atom is -0.388 e. The van der Waals surface area contributed by atoms with E-state index in [2.05, 4.69) is 23.9 Å². The average molecular weight is 277 g/mol. The third-order valence-corrected chi connectivity index (χ3v) is 3.82. The van der Waals surface area contributed by atoms with Gasteiger partial charge in [0.1, 0.15) is 12.2 Å². The zero-order valence-electron chi connectivity index (χ0n) is 11.4. The molecule has 0 saturated heterocycles. The molecule has 102 valence electrons. The van der Waals surface area contributed by atoms with Crippen molar-refractivity contribution < 1.29 is 5.11 Å². The summed E-state index contributed by atoms with van der Waals surface area (Å²) >= 11 is 1.64. The van der Waals surface area contributed by atoms with Gasteiger partial charge in [0, 0.05) is 17.4 Å². The Kier molecular flexibility index (Phi) is 4.61. The highest BCUT2D eigenvalue weighted by Gasteiger charge is 2.16. The molecule has 4 nitrogen and oxygen atoms in total. The second-order valence-electron chi connectivity index (χ2n) is 4.68. The van der Waals surface area contributed by atoms with Crippen molar-refractivity contribution in [3.63, 3.8) is 0 Å². The summed E-state index contributed by atoms with van der Waals surface area (Å²) in [6, 6.07) is 8.17. The van der Waals surface area contributed by atoms with Crippen LogP contribution in [0, 0.1) is 0 Å². The van der Waals surface area contributed by atoms with Crippen LogP contribution in [0.3, 0.4) is 0 Å². The van der Waals surface area contributed by atoms with Gasteiger partial charge in [-0.15, -0.1) is 11.8 Å². The Morgan fingerprint density at radius 3 is 2.74 bits per heavy atom. The molecule has 5 heteroatoms. The van der Waals surface area contributed by atoms with Crippen LogP contribution in [0.25, 0.3) is 0 Å². The van der Waals surface area contributed by atoms with Crippen molar-refractivity contribution in [2.24, 2.45) is 0 Å². The van der Waals surface area contributed by atoms with Crippen LogP contribution >= 0.6 is 11.8 Å². The van der Waals surface area contributed by atoms with E-state index < -0.39 is 6.10 Å². The van der Waals surface area contributed by atoms with Crippen LogP contribution in [0.2, 0.25) is 0 Å². The first-order valence-corrected chi connectivity index (χ1v) is 7.55. The normalized spacial score (nSPS) is 12.9. The summed E-state index contributed by atoms with van der Waals surface area (Å²) in [5.41, 5.74) is 0.952. The SMILES string of the molecule is CSc1ccccc1C(O)Cc1ncnn1C(C)C. The molecular weight excluding hydrogens is 258 g/mol. The van der Waals surface area contributed by atoms with Crippen LogP contribution in [-0.4, -0.2) is 26.1 Å². The van der Waals surface area contributed by atoms with Gasteiger partial charge in [0.2, 0.25) is 0 Å². The highest BCUT2D eigenvalue weighted by molar-refractivity contribution is 7.98. The topological polar surface area (TPSA) is 50.9 Å². The first-order chi connectivity index (χ1) is 9.13. The Hall–Kier alpha value is -1.33. The molecule has 0 amide bonds. The van der Waals surface area contributed by atoms with Crippen molar-refractivity contribution in [3.8, 4) is 0 Å². The van der Waals surface area contributed by atoms with Crippen LogP contribution in [-0.2, 0) is 6.42 Å². The van der Waals surface area contributed by atoms with Gasteiger partial charge in [0.25, 0.3) is 0 Å². The largest absolute Gasteiger partial charge is 0.388 e. The fourth-order valence-corrected chi connectivity index (χ4v) is 2.73. The van der Waals surface area contributed by atoms with Crippen LogP contribution in [0.15, 0.2) is 35.5 Å². The minimum atomic E-state index is -0.551. The van der Waals surface area contributed by atoms with Gasteiger partial charge in [-0.05, 0) is 31.7 Å². The average Bonchev–Trinajstić information content (AvgIpc) is 2.87. The van der Waals surface area contributed by atoms with E-state index in [0.29, 0.717) is 6.42 Å². The molecule has 0 radical (unpaired) electrons. The summed E-state index contributed by atoms with van der Waals surface area (Å²) in [7, 11) is 0. The number of aliphatic hydroxyl groups is 1. The second kappa shape index (κ2) is 6.21. The standard InChI is InChI=1S/C14H19N3OS/c1-10(2)17-14(15-9-16-17)8-12(18)11-6-4-5-7-13(11)19-3/h4-7,9-10,12,18H,8H2,1-3H3. The number of nitrogens with zero attached hydrogens (tertiary/aromatic N) is 3. The third kappa shape index (κ3) is 3.16. The van der Waals surface area contributed by atoms with E-state index in [1.165, 1.54) is 0 Å². The molecule has 1 atom stereocenters. The monoisotopic (exact) mass is 277 g/mol. The van der Waals surface area contributed by atoms with Crippen LogP contribution in [0.4, 0.5) is 0 Å². The molecule has 0 aliphatic heterocycles. The first-order valence-electron chi connectivity index (χ1n) is 6.32. The van der Waals surface area contributed by atoms with Gasteiger partial charge in [0.15, 0.2) is 0 Å². The molecule has 1 aromatic heterocycles. The Morgan fingerprint density at radius 1 is 1.32 bits per heavy atom. The molecule has 0 aliphatic rings. The number of aromatic nitrogens is 3. The van der Waals surface area contributed by atoms with Crippen LogP contribution in [0.1, 0.15) is 37.4 Å². The summed E-state index contributed by atoms with van der Waals surface area (Å²) in [5.74, 6) is 0.818. The Bertz CT molecular complexity index is 539. The van der Waals surface area contributed by atoms with E-state index >= 15 is 0 Å². The van der Waals surface area contributed by atoms with Gasteiger partial charge in [-0.3, -0.25) is 0 Å². The first kappa shape index (κ1) is 14.1. The predicted octanol–water partition coefficient (Wildman–Crippen LogP) is 2.86. The lowest BCUT2D eigenvalue weighted by Gasteiger charge is -2.15. The molecule has 2 aromatic rings. The van der Waals surface area contributed by atoms with Gasteiger partial charge in [-0.2, -0.15) is 5.10 Å². The number of hydrogen-bond donors (Lipinski definition) is 1. The number of rotatable bonds is 5. The fraction of sp³-hybridized carbons (Fsp3) is 0.429. The molecule has 1 unspecified atom stereocenters. The summed E-state index contributed by atoms with van der Waals surface area (Å²) in [5, 5.41) is 14.6. The molecule has 1 heterocycles. The summed E-state index contributed by atoms with van der Waals surface area (Å²) in [4.78, 5) is 5.35. The van der Waals surface area contributed by atoms with Crippen molar-refractivity contribution in [2.75, 3.05) is 6.26 Å². The molecule has 0 aliphatic carbocycles. The van der Waals surface area contributed by atoms with Crippen molar-refractivity contribution in [2.45, 2.75) is 37.3 Å². The van der Waals surface area contributed by atoms with Gasteiger partial charge >= 0.3 is 0 Å². The molecule has 0 spiro atoms. The van der Waals surface area contributed by atoms with E-state index in [1.807, 2.05) is 35.2 Å². The zero-order chi connectivity index (χ0) is 13.8. The Labute approximate surface area is 117 Å². The highest BCUT2D eigenvalue weighted by atomic mass is 32.2. The molecule has 0 saturated carbocycles. The third-order valence-electron chi connectivity index (χ3n) is 3.01. The van der Waals surface area contributed by atoms with Crippen molar-refractivity contribution >= 4 is 11.8 Å². The molecule has 0 bridgehead atoms. The lowest BCUT2D eigenvalue weighted by atomic mass is 10.1. The summed E-state index contributed by atoms with van der Waals surface area (Å²) < 4.78 is 1.85. The Balaban J connectivity index is 2.21. The van der Waals surface area contributed by atoms with Crippen molar-refractivity contribution in [1.82, 2.24) is 14.8 Å². The van der Waals surface area contributed by atoms with Gasteiger partial charge in [0.05, 0.1) is 6.10 Å². The van der Waals surface area contributed by atoms with Gasteiger partial charge < -0.3 is 5.11 Å². The second-order valence-corrected chi connectivity index (χ2v) is 5.52. The van der Waals surface area contributed by atoms with Crippen molar-refractivity contribution in [1.29, 1.82) is 0 Å². The highest BCUT2D eigenvalue weighted by Crippen LogP contribution is 2.27. The molecular formula is C14H19N3OS. The maximum Gasteiger partial charge on any atom is 0.138 e. The molecule has 1 N–H and O–H groups in total. The number of benzene rings is 1. The van der Waals surface area contributed by atoms with E-state index in [0.717, 1.165) is 16.3 Å². The Morgan fingerprint density at radius 2 is 2.05 bits per heavy atom. The van der Waals surface area contributed by atoms with Crippen LogP contribution in [0.5, 0.6) is 0 Å². The summed E-state index contributed by atoms with van der Waals surface area (Å²) in [6.45, 7) is 4.11. The van der Waals surface area contributed by atoms with Crippen molar-refractivity contribution in [3.05, 3.63) is 42.0 Å². The smallest absolute Gasteiger partial charge is 0.138 e. The van der Waals surface area contributed by atoms with E-state index in [4.69, 9.17) is 0 Å². The van der Waals surface area contributed by atoms with E-state index in [-0.39, 0.29) is 6.04 Å². The van der Waals surface area contributed by atoms with E-state index in [1.54, 1.807) is 18.1 Å². The molecule has 2 rings (SSSR count). The summed E-state index contributed by atoms with van der Waals surface area (Å²) in [6.07, 6.45) is 3.49. The fourth-order valence-electron chi connectivity index (χ4n) is 2.08.